The van der Waals surface area contributed by atoms with Crippen LogP contribution in [0.5, 0.6) is 0 Å². The highest BCUT2D eigenvalue weighted by Gasteiger charge is 2.31. The van der Waals surface area contributed by atoms with Crippen molar-refractivity contribution in [2.45, 2.75) is 18.9 Å². The van der Waals surface area contributed by atoms with E-state index in [0.717, 1.165) is 12.8 Å². The number of amides is 2. The molecule has 5 heteroatoms. The Bertz CT molecular complexity index is 418. The van der Waals surface area contributed by atoms with E-state index in [0.29, 0.717) is 18.2 Å². The zero-order valence-corrected chi connectivity index (χ0v) is 10.3. The molecule has 0 aromatic heterocycles. The molecule has 0 saturated heterocycles. The van der Waals surface area contributed by atoms with Gasteiger partial charge >= 0.3 is 6.03 Å². The summed E-state index contributed by atoms with van der Waals surface area (Å²) in [6, 6.07) is 5.27. The molecule has 2 N–H and O–H groups in total. The fraction of sp³-hybridized carbons (Fsp3) is 0.462. The maximum absolute atomic E-state index is 12.7. The Morgan fingerprint density at radius 3 is 2.67 bits per heavy atom. The molecule has 1 atom stereocenters. The van der Waals surface area contributed by atoms with Crippen molar-refractivity contribution in [1.29, 1.82) is 0 Å². The summed E-state index contributed by atoms with van der Waals surface area (Å²) in [5, 5.41) is 12.4. The van der Waals surface area contributed by atoms with E-state index in [1.807, 2.05) is 0 Å². The Balaban J connectivity index is 1.84. The van der Waals surface area contributed by atoms with Crippen LogP contribution in [0.1, 0.15) is 12.8 Å². The van der Waals surface area contributed by atoms with Crippen molar-refractivity contribution in [1.82, 2.24) is 4.90 Å². The highest BCUT2D eigenvalue weighted by Crippen LogP contribution is 2.32. The van der Waals surface area contributed by atoms with Gasteiger partial charge in [0.05, 0.1) is 6.10 Å². The fourth-order valence-electron chi connectivity index (χ4n) is 1.75. The number of urea groups is 1. The van der Waals surface area contributed by atoms with Gasteiger partial charge in [0.25, 0.3) is 0 Å². The number of hydrogen-bond donors (Lipinski definition) is 2. The van der Waals surface area contributed by atoms with Gasteiger partial charge < -0.3 is 15.3 Å². The quantitative estimate of drug-likeness (QED) is 0.861. The van der Waals surface area contributed by atoms with Gasteiger partial charge in [-0.1, -0.05) is 0 Å². The van der Waals surface area contributed by atoms with Crippen molar-refractivity contribution in [2.75, 3.05) is 18.9 Å². The van der Waals surface area contributed by atoms with E-state index >= 15 is 0 Å². The second-order valence-electron chi connectivity index (χ2n) is 4.72. The summed E-state index contributed by atoms with van der Waals surface area (Å²) in [6.07, 6.45) is 1.62. The first-order chi connectivity index (χ1) is 8.56. The van der Waals surface area contributed by atoms with Gasteiger partial charge in [-0.3, -0.25) is 0 Å². The molecule has 0 spiro atoms. The number of halogens is 1. The summed E-state index contributed by atoms with van der Waals surface area (Å²) < 4.78 is 12.7. The largest absolute Gasteiger partial charge is 0.391 e. The summed E-state index contributed by atoms with van der Waals surface area (Å²) in [7, 11) is 1.63. The molecule has 1 saturated carbocycles. The van der Waals surface area contributed by atoms with Crippen LogP contribution in [0.15, 0.2) is 24.3 Å². The van der Waals surface area contributed by atoms with Crippen molar-refractivity contribution in [3.8, 4) is 0 Å². The molecule has 1 aromatic carbocycles. The summed E-state index contributed by atoms with van der Waals surface area (Å²) in [5.74, 6) is -0.00317. The average Bonchev–Trinajstić information content (AvgIpc) is 3.16. The number of nitrogens with zero attached hydrogens (tertiary/aromatic N) is 1. The van der Waals surface area contributed by atoms with Crippen LogP contribution in [0.4, 0.5) is 14.9 Å². The molecule has 1 unspecified atom stereocenters. The number of benzene rings is 1. The number of rotatable bonds is 4. The minimum atomic E-state index is -0.450. The Kier molecular flexibility index (Phi) is 3.81. The minimum Gasteiger partial charge on any atom is -0.391 e. The van der Waals surface area contributed by atoms with Crippen molar-refractivity contribution < 1.29 is 14.3 Å². The lowest BCUT2D eigenvalue weighted by Gasteiger charge is -2.21. The van der Waals surface area contributed by atoms with Crippen molar-refractivity contribution in [3.05, 3.63) is 30.1 Å². The van der Waals surface area contributed by atoms with Gasteiger partial charge in [0.2, 0.25) is 0 Å². The molecule has 1 fully saturated rings. The third-order valence-corrected chi connectivity index (χ3v) is 3.07. The molecule has 18 heavy (non-hydrogen) atoms. The summed E-state index contributed by atoms with van der Waals surface area (Å²) in [6.45, 7) is 0.317. The number of anilines is 1. The highest BCUT2D eigenvalue weighted by atomic mass is 19.1. The fourth-order valence-corrected chi connectivity index (χ4v) is 1.75. The van der Waals surface area contributed by atoms with E-state index in [9.17, 15) is 14.3 Å². The molecule has 2 amide bonds. The Labute approximate surface area is 105 Å². The van der Waals surface area contributed by atoms with Crippen LogP contribution in [0.3, 0.4) is 0 Å². The predicted octanol–water partition coefficient (Wildman–Crippen LogP) is 2.06. The van der Waals surface area contributed by atoms with Crippen LogP contribution in [0.25, 0.3) is 0 Å². The number of aliphatic hydroxyl groups excluding tert-OH is 1. The SMILES string of the molecule is CN(CC(O)C1CC1)C(=O)Nc1ccc(F)cc1. The van der Waals surface area contributed by atoms with Gasteiger partial charge in [-0.2, -0.15) is 0 Å². The molecule has 1 aromatic rings. The zero-order chi connectivity index (χ0) is 13.1. The van der Waals surface area contributed by atoms with Gasteiger partial charge in [-0.25, -0.2) is 9.18 Å². The molecule has 4 nitrogen and oxygen atoms in total. The second kappa shape index (κ2) is 5.35. The first kappa shape index (κ1) is 12.8. The average molecular weight is 252 g/mol. The number of aliphatic hydroxyl groups is 1. The molecule has 0 aliphatic heterocycles. The van der Waals surface area contributed by atoms with Gasteiger partial charge in [0.1, 0.15) is 5.82 Å². The molecule has 0 heterocycles. The molecule has 0 radical (unpaired) electrons. The van der Waals surface area contributed by atoms with Gasteiger partial charge in [-0.05, 0) is 43.0 Å². The number of nitrogens with one attached hydrogen (secondary N) is 1. The normalized spacial score (nSPS) is 16.2. The summed E-state index contributed by atoms with van der Waals surface area (Å²) >= 11 is 0. The molecule has 98 valence electrons. The minimum absolute atomic E-state index is 0.304. The van der Waals surface area contributed by atoms with E-state index in [-0.39, 0.29) is 11.8 Å². The lowest BCUT2D eigenvalue weighted by atomic mass is 10.2. The van der Waals surface area contributed by atoms with Crippen LogP contribution in [0, 0.1) is 11.7 Å². The van der Waals surface area contributed by atoms with E-state index < -0.39 is 6.10 Å². The van der Waals surface area contributed by atoms with E-state index in [1.165, 1.54) is 29.2 Å². The monoisotopic (exact) mass is 252 g/mol. The summed E-state index contributed by atoms with van der Waals surface area (Å²) in [5.41, 5.74) is 0.536. The van der Waals surface area contributed by atoms with E-state index in [2.05, 4.69) is 5.32 Å². The number of carbonyl (C=O) groups excluding carboxylic acids is 1. The lowest BCUT2D eigenvalue weighted by molar-refractivity contribution is 0.117. The summed E-state index contributed by atoms with van der Waals surface area (Å²) in [4.78, 5) is 13.2. The molecular weight excluding hydrogens is 235 g/mol. The molecular formula is C13H17FN2O2. The first-order valence-corrected chi connectivity index (χ1v) is 6.02. The molecule has 0 bridgehead atoms. The maximum atomic E-state index is 12.7. The van der Waals surface area contributed by atoms with Gasteiger partial charge in [0, 0.05) is 19.3 Å². The van der Waals surface area contributed by atoms with Crippen LogP contribution in [0.2, 0.25) is 0 Å². The molecule has 1 aliphatic carbocycles. The lowest BCUT2D eigenvalue weighted by Crippen LogP contribution is -2.37. The Hall–Kier alpha value is -1.62. The van der Waals surface area contributed by atoms with E-state index in [1.54, 1.807) is 7.05 Å². The Morgan fingerprint density at radius 2 is 2.11 bits per heavy atom. The third-order valence-electron chi connectivity index (χ3n) is 3.07. The number of hydrogen-bond acceptors (Lipinski definition) is 2. The Morgan fingerprint density at radius 1 is 1.50 bits per heavy atom. The van der Waals surface area contributed by atoms with Crippen LogP contribution >= 0.6 is 0 Å². The van der Waals surface area contributed by atoms with Gasteiger partial charge in [-0.15, -0.1) is 0 Å². The topological polar surface area (TPSA) is 52.6 Å². The van der Waals surface area contributed by atoms with Crippen molar-refractivity contribution >= 4 is 11.7 Å². The van der Waals surface area contributed by atoms with Crippen LogP contribution in [-0.4, -0.2) is 35.7 Å². The van der Waals surface area contributed by atoms with Crippen LogP contribution < -0.4 is 5.32 Å². The predicted molar refractivity (Wildman–Crippen MR) is 66.8 cm³/mol. The highest BCUT2D eigenvalue weighted by molar-refractivity contribution is 5.89. The first-order valence-electron chi connectivity index (χ1n) is 6.02. The van der Waals surface area contributed by atoms with Crippen LogP contribution in [-0.2, 0) is 0 Å². The smallest absolute Gasteiger partial charge is 0.321 e. The number of carbonyl (C=O) groups is 1. The van der Waals surface area contributed by atoms with E-state index in [4.69, 9.17) is 0 Å². The zero-order valence-electron chi connectivity index (χ0n) is 10.3. The number of likely N-dealkylation sites (N-methyl/N-ethyl adjacent to an activating group) is 1. The third kappa shape index (κ3) is 3.43. The van der Waals surface area contributed by atoms with Crippen molar-refractivity contribution in [2.24, 2.45) is 5.92 Å². The maximum Gasteiger partial charge on any atom is 0.321 e. The van der Waals surface area contributed by atoms with Crippen molar-refractivity contribution in [3.63, 3.8) is 0 Å². The molecule has 2 rings (SSSR count). The second-order valence-corrected chi connectivity index (χ2v) is 4.72. The van der Waals surface area contributed by atoms with Gasteiger partial charge in [0.15, 0.2) is 0 Å². The standard InChI is InChI=1S/C13H17FN2O2/c1-16(8-12(17)9-2-3-9)13(18)15-11-6-4-10(14)5-7-11/h4-7,9,12,17H,2-3,8H2,1H3,(H,15,18). The molecule has 1 aliphatic rings.